The summed E-state index contributed by atoms with van der Waals surface area (Å²) in [5.41, 5.74) is 0. The van der Waals surface area contributed by atoms with Gasteiger partial charge in [0.2, 0.25) is 0 Å². The minimum absolute atomic E-state index is 0.994. The van der Waals surface area contributed by atoms with E-state index in [1.807, 2.05) is 0 Å². The summed E-state index contributed by atoms with van der Waals surface area (Å²) in [6, 6.07) is 0. The van der Waals surface area contributed by atoms with Crippen LogP contribution in [0.2, 0.25) is 0 Å². The van der Waals surface area contributed by atoms with E-state index in [0.29, 0.717) is 0 Å². The summed E-state index contributed by atoms with van der Waals surface area (Å²) in [6.45, 7) is 9.81. The maximum absolute atomic E-state index is 2.47. The van der Waals surface area contributed by atoms with Crippen molar-refractivity contribution in [2.75, 3.05) is 0 Å². The summed E-state index contributed by atoms with van der Waals surface area (Å²) in [6.07, 6.45) is 12.0. The fourth-order valence-electron chi connectivity index (χ4n) is 5.11. The van der Waals surface area contributed by atoms with Gasteiger partial charge in [0, 0.05) is 0 Å². The van der Waals surface area contributed by atoms with Crippen LogP contribution in [-0.2, 0) is 0 Å². The molecule has 0 heteroatoms. The first-order chi connectivity index (χ1) is 8.65. The third kappa shape index (κ3) is 3.11. The van der Waals surface area contributed by atoms with E-state index in [0.717, 1.165) is 35.5 Å². The third-order valence-electron chi connectivity index (χ3n) is 6.21. The molecular formula is C18H34. The van der Waals surface area contributed by atoms with Gasteiger partial charge in [-0.1, -0.05) is 53.4 Å². The standard InChI is InChI=1S/C18H34/c1-5-15-11-13(3)7-9-17(15)18-10-8-14(4)12-16(18)6-2/h13-18H,5-12H2,1-4H3. The Balaban J connectivity index is 2.03. The van der Waals surface area contributed by atoms with Gasteiger partial charge in [0.15, 0.2) is 0 Å². The molecule has 0 N–H and O–H groups in total. The van der Waals surface area contributed by atoms with Gasteiger partial charge in [-0.2, -0.15) is 0 Å². The quantitative estimate of drug-likeness (QED) is 0.584. The van der Waals surface area contributed by atoms with Crippen LogP contribution < -0.4 is 0 Å². The van der Waals surface area contributed by atoms with E-state index < -0.39 is 0 Å². The molecule has 0 aliphatic heterocycles. The highest BCUT2D eigenvalue weighted by atomic mass is 14.4. The lowest BCUT2D eigenvalue weighted by Crippen LogP contribution is -2.36. The Hall–Kier alpha value is 0. The molecule has 2 rings (SSSR count). The van der Waals surface area contributed by atoms with Crippen molar-refractivity contribution >= 4 is 0 Å². The lowest BCUT2D eigenvalue weighted by Gasteiger charge is -2.45. The predicted octanol–water partition coefficient (Wildman–Crippen LogP) is 5.91. The second-order valence-corrected chi connectivity index (χ2v) is 7.50. The molecule has 2 fully saturated rings. The summed E-state index contributed by atoms with van der Waals surface area (Å²) < 4.78 is 0. The lowest BCUT2D eigenvalue weighted by molar-refractivity contribution is 0.0478. The molecule has 0 aromatic rings. The minimum Gasteiger partial charge on any atom is -0.0651 e. The van der Waals surface area contributed by atoms with E-state index in [2.05, 4.69) is 27.7 Å². The van der Waals surface area contributed by atoms with E-state index in [9.17, 15) is 0 Å². The van der Waals surface area contributed by atoms with Crippen molar-refractivity contribution < 1.29 is 0 Å². The van der Waals surface area contributed by atoms with Crippen LogP contribution in [0.15, 0.2) is 0 Å². The van der Waals surface area contributed by atoms with Crippen LogP contribution in [-0.4, -0.2) is 0 Å². The van der Waals surface area contributed by atoms with Crippen LogP contribution in [0, 0.1) is 35.5 Å². The summed E-state index contributed by atoms with van der Waals surface area (Å²) in [5, 5.41) is 0. The molecule has 18 heavy (non-hydrogen) atoms. The molecular weight excluding hydrogens is 216 g/mol. The molecule has 0 heterocycles. The van der Waals surface area contributed by atoms with E-state index in [-0.39, 0.29) is 0 Å². The average Bonchev–Trinajstić information content (AvgIpc) is 2.38. The fraction of sp³-hybridized carbons (Fsp3) is 1.00. The van der Waals surface area contributed by atoms with Crippen LogP contribution in [0.1, 0.15) is 79.1 Å². The zero-order valence-electron chi connectivity index (χ0n) is 13.1. The molecule has 6 unspecified atom stereocenters. The van der Waals surface area contributed by atoms with E-state index in [1.54, 1.807) is 0 Å². The van der Waals surface area contributed by atoms with Crippen LogP contribution in [0.5, 0.6) is 0 Å². The number of hydrogen-bond acceptors (Lipinski definition) is 0. The Labute approximate surface area is 115 Å². The van der Waals surface area contributed by atoms with Crippen molar-refractivity contribution in [1.82, 2.24) is 0 Å². The van der Waals surface area contributed by atoms with Gasteiger partial charge in [0.1, 0.15) is 0 Å². The van der Waals surface area contributed by atoms with E-state index >= 15 is 0 Å². The van der Waals surface area contributed by atoms with Crippen molar-refractivity contribution in [2.24, 2.45) is 35.5 Å². The fourth-order valence-corrected chi connectivity index (χ4v) is 5.11. The molecule has 106 valence electrons. The molecule has 0 radical (unpaired) electrons. The molecule has 6 atom stereocenters. The largest absolute Gasteiger partial charge is 0.0651 e. The molecule has 0 spiro atoms. The molecule has 0 nitrogen and oxygen atoms in total. The highest BCUT2D eigenvalue weighted by molar-refractivity contribution is 4.88. The zero-order chi connectivity index (χ0) is 13.1. The van der Waals surface area contributed by atoms with E-state index in [1.165, 1.54) is 51.4 Å². The second-order valence-electron chi connectivity index (χ2n) is 7.50. The van der Waals surface area contributed by atoms with Crippen LogP contribution in [0.25, 0.3) is 0 Å². The summed E-state index contributed by atoms with van der Waals surface area (Å²) in [7, 11) is 0. The van der Waals surface area contributed by atoms with Gasteiger partial charge in [-0.3, -0.25) is 0 Å². The van der Waals surface area contributed by atoms with Gasteiger partial charge in [-0.25, -0.2) is 0 Å². The molecule has 0 aromatic carbocycles. The van der Waals surface area contributed by atoms with Gasteiger partial charge in [0.25, 0.3) is 0 Å². The van der Waals surface area contributed by atoms with Gasteiger partial charge >= 0.3 is 0 Å². The normalized spacial score (nSPS) is 46.0. The maximum atomic E-state index is 2.47. The maximum Gasteiger partial charge on any atom is -0.0355 e. The Morgan fingerprint density at radius 2 is 1.06 bits per heavy atom. The van der Waals surface area contributed by atoms with Gasteiger partial charge in [0.05, 0.1) is 0 Å². The molecule has 0 saturated heterocycles. The van der Waals surface area contributed by atoms with Gasteiger partial charge in [-0.05, 0) is 61.2 Å². The Morgan fingerprint density at radius 3 is 1.39 bits per heavy atom. The monoisotopic (exact) mass is 250 g/mol. The minimum atomic E-state index is 0.994. The smallest absolute Gasteiger partial charge is 0.0355 e. The highest BCUT2D eigenvalue weighted by Crippen LogP contribution is 2.48. The SMILES string of the molecule is CCC1CC(C)CCC1C1CCC(C)CC1CC. The van der Waals surface area contributed by atoms with Crippen molar-refractivity contribution in [3.63, 3.8) is 0 Å². The molecule has 0 aromatic heterocycles. The topological polar surface area (TPSA) is 0 Å². The zero-order valence-corrected chi connectivity index (χ0v) is 13.1. The second kappa shape index (κ2) is 6.44. The molecule has 2 aliphatic carbocycles. The number of hydrogen-bond donors (Lipinski definition) is 0. The highest BCUT2D eigenvalue weighted by Gasteiger charge is 2.38. The Bertz CT molecular complexity index is 218. The first-order valence-corrected chi connectivity index (χ1v) is 8.65. The van der Waals surface area contributed by atoms with Crippen molar-refractivity contribution in [3.8, 4) is 0 Å². The summed E-state index contributed by atoms with van der Waals surface area (Å²) in [5.74, 6) is 6.22. The van der Waals surface area contributed by atoms with Crippen LogP contribution >= 0.6 is 0 Å². The third-order valence-corrected chi connectivity index (χ3v) is 6.21. The Kier molecular flexibility index (Phi) is 5.15. The Morgan fingerprint density at radius 1 is 0.667 bits per heavy atom. The first-order valence-electron chi connectivity index (χ1n) is 8.65. The van der Waals surface area contributed by atoms with Crippen molar-refractivity contribution in [1.29, 1.82) is 0 Å². The molecule has 0 bridgehead atoms. The molecule has 0 amide bonds. The first kappa shape index (κ1) is 14.4. The van der Waals surface area contributed by atoms with E-state index in [4.69, 9.17) is 0 Å². The molecule has 2 saturated carbocycles. The van der Waals surface area contributed by atoms with Crippen LogP contribution in [0.4, 0.5) is 0 Å². The summed E-state index contributed by atoms with van der Waals surface area (Å²) >= 11 is 0. The number of rotatable bonds is 3. The average molecular weight is 250 g/mol. The summed E-state index contributed by atoms with van der Waals surface area (Å²) in [4.78, 5) is 0. The van der Waals surface area contributed by atoms with Gasteiger partial charge in [-0.15, -0.1) is 0 Å². The van der Waals surface area contributed by atoms with Gasteiger partial charge < -0.3 is 0 Å². The van der Waals surface area contributed by atoms with Crippen molar-refractivity contribution in [3.05, 3.63) is 0 Å². The predicted molar refractivity (Wildman–Crippen MR) is 80.6 cm³/mol. The molecule has 2 aliphatic rings. The van der Waals surface area contributed by atoms with Crippen molar-refractivity contribution in [2.45, 2.75) is 79.1 Å². The van der Waals surface area contributed by atoms with Crippen LogP contribution in [0.3, 0.4) is 0 Å². The lowest BCUT2D eigenvalue weighted by atomic mass is 9.60.